The number of piperidine rings is 1. The van der Waals surface area contributed by atoms with Gasteiger partial charge in [-0.3, -0.25) is 4.90 Å². The zero-order valence-electron chi connectivity index (χ0n) is 12.7. The molecule has 0 saturated carbocycles. The van der Waals surface area contributed by atoms with Crippen LogP contribution in [-0.4, -0.2) is 35.7 Å². The lowest BCUT2D eigenvalue weighted by Gasteiger charge is -2.34. The Morgan fingerprint density at radius 1 is 0.952 bits per heavy atom. The van der Waals surface area contributed by atoms with Crippen molar-refractivity contribution in [2.24, 2.45) is 0 Å². The molecular formula is C19H25NO. The molecule has 0 radical (unpaired) electrons. The summed E-state index contributed by atoms with van der Waals surface area (Å²) in [6, 6.07) is 15.7. The maximum Gasteiger partial charge on any atom is 0.0446 e. The van der Waals surface area contributed by atoms with Crippen molar-refractivity contribution < 1.29 is 5.11 Å². The van der Waals surface area contributed by atoms with Crippen LogP contribution in [-0.2, 0) is 6.42 Å². The number of benzene rings is 2. The molecule has 2 nitrogen and oxygen atoms in total. The van der Waals surface area contributed by atoms with Crippen LogP contribution in [0.1, 0.15) is 31.2 Å². The highest BCUT2D eigenvalue weighted by molar-refractivity contribution is 5.85. The number of likely N-dealkylation sites (tertiary alicyclic amines) is 1. The number of rotatable bonds is 5. The van der Waals surface area contributed by atoms with Crippen molar-refractivity contribution in [2.45, 2.75) is 38.1 Å². The molecule has 1 atom stereocenters. The SMILES string of the molecule is OCCC(Cc1cccc2ccccc12)N1CCCCC1. The summed E-state index contributed by atoms with van der Waals surface area (Å²) >= 11 is 0. The summed E-state index contributed by atoms with van der Waals surface area (Å²) in [4.78, 5) is 2.58. The zero-order valence-corrected chi connectivity index (χ0v) is 12.7. The molecule has 112 valence electrons. The van der Waals surface area contributed by atoms with Gasteiger partial charge in [0.15, 0.2) is 0 Å². The van der Waals surface area contributed by atoms with Gasteiger partial charge in [0, 0.05) is 12.6 Å². The lowest BCUT2D eigenvalue weighted by Crippen LogP contribution is -2.41. The van der Waals surface area contributed by atoms with Crippen molar-refractivity contribution in [1.29, 1.82) is 0 Å². The highest BCUT2D eigenvalue weighted by Gasteiger charge is 2.21. The highest BCUT2D eigenvalue weighted by atomic mass is 16.3. The maximum absolute atomic E-state index is 9.43. The number of hydrogen-bond acceptors (Lipinski definition) is 2. The third kappa shape index (κ3) is 3.45. The maximum atomic E-state index is 9.43. The molecular weight excluding hydrogens is 258 g/mol. The summed E-state index contributed by atoms with van der Waals surface area (Å²) < 4.78 is 0. The largest absolute Gasteiger partial charge is 0.396 e. The van der Waals surface area contributed by atoms with Crippen LogP contribution in [0.4, 0.5) is 0 Å². The number of aliphatic hydroxyl groups excluding tert-OH is 1. The number of fused-ring (bicyclic) bond motifs is 1. The minimum Gasteiger partial charge on any atom is -0.396 e. The quantitative estimate of drug-likeness (QED) is 0.906. The van der Waals surface area contributed by atoms with E-state index in [1.54, 1.807) is 0 Å². The van der Waals surface area contributed by atoms with E-state index in [0.717, 1.165) is 12.8 Å². The van der Waals surface area contributed by atoms with Crippen LogP contribution in [0.15, 0.2) is 42.5 Å². The fourth-order valence-corrected chi connectivity index (χ4v) is 3.57. The van der Waals surface area contributed by atoms with Gasteiger partial charge >= 0.3 is 0 Å². The Hall–Kier alpha value is -1.38. The molecule has 1 aliphatic rings. The molecule has 0 aliphatic carbocycles. The van der Waals surface area contributed by atoms with Crippen LogP contribution in [0.3, 0.4) is 0 Å². The molecule has 21 heavy (non-hydrogen) atoms. The molecule has 3 rings (SSSR count). The summed E-state index contributed by atoms with van der Waals surface area (Å²) in [7, 11) is 0. The molecule has 0 amide bonds. The monoisotopic (exact) mass is 283 g/mol. The normalized spacial score (nSPS) is 18.0. The molecule has 1 N–H and O–H groups in total. The second-order valence-corrected chi connectivity index (χ2v) is 6.11. The summed E-state index contributed by atoms with van der Waals surface area (Å²) in [5, 5.41) is 12.1. The number of nitrogens with zero attached hydrogens (tertiary/aromatic N) is 1. The Morgan fingerprint density at radius 3 is 2.52 bits per heavy atom. The Morgan fingerprint density at radius 2 is 1.71 bits per heavy atom. The predicted molar refractivity (Wildman–Crippen MR) is 88.6 cm³/mol. The molecule has 1 heterocycles. The Balaban J connectivity index is 1.83. The Kier molecular flexibility index (Phi) is 4.89. The van der Waals surface area contributed by atoms with Gasteiger partial charge in [0.1, 0.15) is 0 Å². The fraction of sp³-hybridized carbons (Fsp3) is 0.474. The third-order valence-electron chi connectivity index (χ3n) is 4.70. The standard InChI is InChI=1S/C19H25NO/c21-14-11-18(20-12-4-1-5-13-20)15-17-9-6-8-16-7-2-3-10-19(16)17/h2-3,6-10,18,21H,1,4-5,11-15H2. The van der Waals surface area contributed by atoms with Gasteiger partial charge in [-0.15, -0.1) is 0 Å². The smallest absolute Gasteiger partial charge is 0.0446 e. The second-order valence-electron chi connectivity index (χ2n) is 6.11. The van der Waals surface area contributed by atoms with Gasteiger partial charge in [-0.2, -0.15) is 0 Å². The molecule has 0 bridgehead atoms. The van der Waals surface area contributed by atoms with E-state index in [9.17, 15) is 5.11 Å². The van der Waals surface area contributed by atoms with Crippen molar-refractivity contribution in [3.8, 4) is 0 Å². The van der Waals surface area contributed by atoms with E-state index < -0.39 is 0 Å². The summed E-state index contributed by atoms with van der Waals surface area (Å²) in [5.41, 5.74) is 1.41. The summed E-state index contributed by atoms with van der Waals surface area (Å²) in [6.07, 6.45) is 5.89. The number of aliphatic hydroxyl groups is 1. The van der Waals surface area contributed by atoms with Crippen LogP contribution in [0.5, 0.6) is 0 Å². The van der Waals surface area contributed by atoms with Gasteiger partial charge in [-0.05, 0) is 55.1 Å². The van der Waals surface area contributed by atoms with E-state index in [-0.39, 0.29) is 6.61 Å². The Bertz CT molecular complexity index is 569. The van der Waals surface area contributed by atoms with Gasteiger partial charge < -0.3 is 5.11 Å². The highest BCUT2D eigenvalue weighted by Crippen LogP contribution is 2.23. The average Bonchev–Trinajstić information content (AvgIpc) is 2.55. The van der Waals surface area contributed by atoms with E-state index in [2.05, 4.69) is 47.4 Å². The van der Waals surface area contributed by atoms with Gasteiger partial charge in [0.25, 0.3) is 0 Å². The van der Waals surface area contributed by atoms with Crippen LogP contribution in [0.2, 0.25) is 0 Å². The molecule has 2 aromatic carbocycles. The van der Waals surface area contributed by atoms with E-state index in [0.29, 0.717) is 6.04 Å². The summed E-state index contributed by atoms with van der Waals surface area (Å²) in [5.74, 6) is 0. The topological polar surface area (TPSA) is 23.5 Å². The van der Waals surface area contributed by atoms with Crippen molar-refractivity contribution in [3.05, 3.63) is 48.0 Å². The second kappa shape index (κ2) is 7.06. The molecule has 0 aromatic heterocycles. The molecule has 2 aromatic rings. The van der Waals surface area contributed by atoms with Crippen molar-refractivity contribution >= 4 is 10.8 Å². The first-order valence-electron chi connectivity index (χ1n) is 8.20. The zero-order chi connectivity index (χ0) is 14.5. The Labute approximate surface area is 127 Å². The van der Waals surface area contributed by atoms with E-state index in [1.165, 1.54) is 48.7 Å². The van der Waals surface area contributed by atoms with Crippen LogP contribution < -0.4 is 0 Å². The van der Waals surface area contributed by atoms with Crippen LogP contribution in [0, 0.1) is 0 Å². The number of hydrogen-bond donors (Lipinski definition) is 1. The molecule has 1 saturated heterocycles. The van der Waals surface area contributed by atoms with Gasteiger partial charge in [0.05, 0.1) is 0 Å². The van der Waals surface area contributed by atoms with Gasteiger partial charge in [-0.25, -0.2) is 0 Å². The van der Waals surface area contributed by atoms with Crippen molar-refractivity contribution in [2.75, 3.05) is 19.7 Å². The third-order valence-corrected chi connectivity index (χ3v) is 4.70. The minimum atomic E-state index is 0.284. The van der Waals surface area contributed by atoms with Gasteiger partial charge in [0.2, 0.25) is 0 Å². The fourth-order valence-electron chi connectivity index (χ4n) is 3.57. The van der Waals surface area contributed by atoms with E-state index in [4.69, 9.17) is 0 Å². The molecule has 2 heteroatoms. The lowest BCUT2D eigenvalue weighted by atomic mass is 9.95. The minimum absolute atomic E-state index is 0.284. The van der Waals surface area contributed by atoms with Crippen LogP contribution >= 0.6 is 0 Å². The van der Waals surface area contributed by atoms with Crippen molar-refractivity contribution in [3.63, 3.8) is 0 Å². The molecule has 1 aliphatic heterocycles. The predicted octanol–water partition coefficient (Wildman–Crippen LogP) is 3.62. The van der Waals surface area contributed by atoms with E-state index >= 15 is 0 Å². The van der Waals surface area contributed by atoms with Crippen molar-refractivity contribution in [1.82, 2.24) is 4.90 Å². The summed E-state index contributed by atoms with van der Waals surface area (Å²) in [6.45, 7) is 2.66. The van der Waals surface area contributed by atoms with Crippen LogP contribution in [0.25, 0.3) is 10.8 Å². The molecule has 0 spiro atoms. The molecule has 1 unspecified atom stereocenters. The van der Waals surface area contributed by atoms with E-state index in [1.807, 2.05) is 0 Å². The average molecular weight is 283 g/mol. The lowest BCUT2D eigenvalue weighted by molar-refractivity contribution is 0.133. The first kappa shape index (κ1) is 14.6. The first-order valence-corrected chi connectivity index (χ1v) is 8.20. The molecule has 1 fully saturated rings. The first-order chi connectivity index (χ1) is 10.4. The van der Waals surface area contributed by atoms with Gasteiger partial charge in [-0.1, -0.05) is 48.9 Å².